The predicted molar refractivity (Wildman–Crippen MR) is 141 cm³/mol. The van der Waals surface area contributed by atoms with Crippen molar-refractivity contribution in [3.05, 3.63) is 53.0 Å². The number of rotatable bonds is 7. The van der Waals surface area contributed by atoms with Crippen molar-refractivity contribution >= 4 is 5.91 Å². The molecule has 0 N–H and O–H groups in total. The molecule has 0 fully saturated rings. The van der Waals surface area contributed by atoms with Crippen molar-refractivity contribution in [2.45, 2.75) is 71.9 Å². The number of halogens is 1. The maximum atomic E-state index is 14.5. The summed E-state index contributed by atoms with van der Waals surface area (Å²) in [5, 5.41) is 9.67. The van der Waals surface area contributed by atoms with E-state index >= 15 is 0 Å². The number of methoxy groups -OCH3 is 1. The highest BCUT2D eigenvalue weighted by Gasteiger charge is 2.39. The fourth-order valence-corrected chi connectivity index (χ4v) is 5.65. The van der Waals surface area contributed by atoms with E-state index in [-0.39, 0.29) is 17.8 Å². The molecule has 0 atom stereocenters. The second kappa shape index (κ2) is 9.98. The van der Waals surface area contributed by atoms with Gasteiger partial charge in [-0.05, 0) is 46.1 Å². The summed E-state index contributed by atoms with van der Waals surface area (Å²) in [5.41, 5.74) is 5.88. The fourth-order valence-electron chi connectivity index (χ4n) is 5.65. The van der Waals surface area contributed by atoms with Crippen LogP contribution in [0.3, 0.4) is 0 Å². The molecule has 202 valence electrons. The van der Waals surface area contributed by atoms with Crippen LogP contribution < -0.4 is 4.74 Å². The van der Waals surface area contributed by atoms with Gasteiger partial charge in [0.15, 0.2) is 5.82 Å². The second-order valence-corrected chi connectivity index (χ2v) is 10.5. The van der Waals surface area contributed by atoms with Crippen LogP contribution in [0, 0.1) is 5.82 Å². The van der Waals surface area contributed by atoms with Crippen LogP contribution in [0.1, 0.15) is 58.7 Å². The van der Waals surface area contributed by atoms with Crippen LogP contribution in [-0.2, 0) is 27.9 Å². The van der Waals surface area contributed by atoms with Crippen molar-refractivity contribution in [1.29, 1.82) is 0 Å². The number of aromatic nitrogens is 5. The van der Waals surface area contributed by atoms with E-state index in [4.69, 9.17) is 19.7 Å². The zero-order valence-electron chi connectivity index (χ0n) is 22.9. The standard InChI is InChI=1S/C28H35FN6O3/c1-7-23-21(13-25(36)34(23)17(2)3)28(4,5)33-16-18(14-31-33)26-20-8-10-38-11-9-24(20)35(32-26)19-12-22(29)27(37-6)30-15-19/h12,14-17H,7-11,13H2,1-6H3. The van der Waals surface area contributed by atoms with Gasteiger partial charge in [0.2, 0.25) is 11.8 Å². The highest BCUT2D eigenvalue weighted by Crippen LogP contribution is 2.40. The Balaban J connectivity index is 1.57. The highest BCUT2D eigenvalue weighted by atomic mass is 19.1. The molecule has 2 aliphatic rings. The van der Waals surface area contributed by atoms with Gasteiger partial charge in [-0.2, -0.15) is 10.2 Å². The minimum Gasteiger partial charge on any atom is -0.479 e. The number of hydrogen-bond donors (Lipinski definition) is 0. The Morgan fingerprint density at radius 3 is 2.66 bits per heavy atom. The first-order chi connectivity index (χ1) is 18.2. The molecule has 0 bridgehead atoms. The molecule has 9 nitrogen and oxygen atoms in total. The highest BCUT2D eigenvalue weighted by molar-refractivity contribution is 5.85. The summed E-state index contributed by atoms with van der Waals surface area (Å²) in [7, 11) is 1.39. The maximum Gasteiger partial charge on any atom is 0.250 e. The Labute approximate surface area is 222 Å². The number of carbonyl (C=O) groups excluding carboxylic acids is 1. The number of allylic oxidation sites excluding steroid dienone is 1. The molecule has 0 aliphatic carbocycles. The fraction of sp³-hybridized carbons (Fsp3) is 0.500. The monoisotopic (exact) mass is 522 g/mol. The van der Waals surface area contributed by atoms with E-state index in [1.807, 2.05) is 35.8 Å². The summed E-state index contributed by atoms with van der Waals surface area (Å²) in [5.74, 6) is -0.463. The van der Waals surface area contributed by atoms with Gasteiger partial charge in [0.25, 0.3) is 0 Å². The number of ether oxygens (including phenoxy) is 2. The first-order valence-electron chi connectivity index (χ1n) is 13.2. The van der Waals surface area contributed by atoms with E-state index in [0.717, 1.165) is 40.2 Å². The Bertz CT molecular complexity index is 1400. The van der Waals surface area contributed by atoms with E-state index in [1.165, 1.54) is 13.2 Å². The lowest BCUT2D eigenvalue weighted by Crippen LogP contribution is -2.32. The van der Waals surface area contributed by atoms with Gasteiger partial charge >= 0.3 is 0 Å². The molecular formula is C28H35FN6O3. The molecular weight excluding hydrogens is 487 g/mol. The van der Waals surface area contributed by atoms with E-state index in [0.29, 0.717) is 38.2 Å². The van der Waals surface area contributed by atoms with Crippen LogP contribution in [0.4, 0.5) is 4.39 Å². The Morgan fingerprint density at radius 2 is 1.97 bits per heavy atom. The van der Waals surface area contributed by atoms with Gasteiger partial charge in [0.1, 0.15) is 0 Å². The van der Waals surface area contributed by atoms with Crippen molar-refractivity contribution in [2.24, 2.45) is 0 Å². The third kappa shape index (κ3) is 4.30. The van der Waals surface area contributed by atoms with Crippen molar-refractivity contribution in [3.8, 4) is 22.8 Å². The molecule has 5 rings (SSSR count). The summed E-state index contributed by atoms with van der Waals surface area (Å²) >= 11 is 0. The molecule has 0 aromatic carbocycles. The van der Waals surface area contributed by atoms with Crippen LogP contribution >= 0.6 is 0 Å². The molecule has 10 heteroatoms. The number of nitrogens with zero attached hydrogens (tertiary/aromatic N) is 6. The number of fused-ring (bicyclic) bond motifs is 1. The summed E-state index contributed by atoms with van der Waals surface area (Å²) < 4.78 is 29.0. The number of hydrogen-bond acceptors (Lipinski definition) is 6. The SMILES string of the molecule is CCC1=C(C(C)(C)n2cc(-c3nn(-c4cnc(OC)c(F)c4)c4c3CCOCC4)cn2)CC(=O)N1C(C)C. The second-order valence-electron chi connectivity index (χ2n) is 10.5. The van der Waals surface area contributed by atoms with E-state index < -0.39 is 11.4 Å². The first kappa shape index (κ1) is 26.1. The lowest BCUT2D eigenvalue weighted by Gasteiger charge is -2.29. The number of pyridine rings is 1. The summed E-state index contributed by atoms with van der Waals surface area (Å²) in [6.45, 7) is 11.5. The minimum absolute atomic E-state index is 0.0544. The molecule has 1 amide bonds. The molecule has 2 aliphatic heterocycles. The molecule has 0 saturated carbocycles. The third-order valence-electron chi connectivity index (χ3n) is 7.55. The van der Waals surface area contributed by atoms with Gasteiger partial charge in [-0.15, -0.1) is 0 Å². The molecule has 0 spiro atoms. The lowest BCUT2D eigenvalue weighted by molar-refractivity contribution is -0.128. The average Bonchev–Trinajstić information content (AvgIpc) is 3.55. The average molecular weight is 523 g/mol. The third-order valence-corrected chi connectivity index (χ3v) is 7.55. The smallest absolute Gasteiger partial charge is 0.250 e. The van der Waals surface area contributed by atoms with Crippen molar-refractivity contribution in [3.63, 3.8) is 0 Å². The first-order valence-corrected chi connectivity index (χ1v) is 13.2. The molecule has 38 heavy (non-hydrogen) atoms. The topological polar surface area (TPSA) is 87.3 Å². The van der Waals surface area contributed by atoms with Gasteiger partial charge in [0.05, 0.1) is 61.8 Å². The van der Waals surface area contributed by atoms with Gasteiger partial charge < -0.3 is 14.4 Å². The van der Waals surface area contributed by atoms with E-state index in [2.05, 4.69) is 25.8 Å². The predicted octanol–water partition coefficient (Wildman–Crippen LogP) is 4.43. The largest absolute Gasteiger partial charge is 0.479 e. The summed E-state index contributed by atoms with van der Waals surface area (Å²) in [6, 6.07) is 1.50. The van der Waals surface area contributed by atoms with Gasteiger partial charge in [-0.1, -0.05) is 6.92 Å². The van der Waals surface area contributed by atoms with Crippen LogP contribution in [0.25, 0.3) is 16.9 Å². The molecule has 3 aromatic rings. The number of carbonyl (C=O) groups is 1. The lowest BCUT2D eigenvalue weighted by atomic mass is 9.90. The van der Waals surface area contributed by atoms with Crippen molar-refractivity contribution in [2.75, 3.05) is 20.3 Å². The van der Waals surface area contributed by atoms with Crippen molar-refractivity contribution < 1.29 is 18.7 Å². The molecule has 0 radical (unpaired) electrons. The summed E-state index contributed by atoms with van der Waals surface area (Å²) in [6.07, 6.45) is 7.88. The van der Waals surface area contributed by atoms with Gasteiger partial charge in [-0.3, -0.25) is 9.48 Å². The zero-order valence-corrected chi connectivity index (χ0v) is 22.9. The Morgan fingerprint density at radius 1 is 1.21 bits per heavy atom. The Hall–Kier alpha value is -3.53. The van der Waals surface area contributed by atoms with Crippen molar-refractivity contribution in [1.82, 2.24) is 29.4 Å². The zero-order chi connectivity index (χ0) is 27.2. The van der Waals surface area contributed by atoms with Gasteiger partial charge in [0, 0.05) is 41.5 Å². The molecule has 3 aromatic heterocycles. The summed E-state index contributed by atoms with van der Waals surface area (Å²) in [4.78, 5) is 18.9. The van der Waals surface area contributed by atoms with Crippen LogP contribution in [0.15, 0.2) is 35.9 Å². The Kier molecular flexibility index (Phi) is 6.85. The van der Waals surface area contributed by atoms with Crippen LogP contribution in [-0.4, -0.2) is 61.7 Å². The van der Waals surface area contributed by atoms with Gasteiger partial charge in [-0.25, -0.2) is 14.1 Å². The maximum absolute atomic E-state index is 14.5. The molecule has 0 unspecified atom stereocenters. The van der Waals surface area contributed by atoms with E-state index in [9.17, 15) is 9.18 Å². The number of amides is 1. The normalized spacial score (nSPS) is 16.4. The minimum atomic E-state index is -0.545. The molecule has 0 saturated heterocycles. The molecule has 5 heterocycles. The van der Waals surface area contributed by atoms with Crippen LogP contribution in [0.5, 0.6) is 5.88 Å². The quantitative estimate of drug-likeness (QED) is 0.456. The van der Waals surface area contributed by atoms with Crippen LogP contribution in [0.2, 0.25) is 0 Å². The van der Waals surface area contributed by atoms with E-state index in [1.54, 1.807) is 10.9 Å².